The Kier molecular flexibility index (Phi) is 6.48. The maximum atomic E-state index is 10.5. The first kappa shape index (κ1) is 15.1. The molecule has 0 aliphatic carbocycles. The number of ether oxygens (including phenoxy) is 2. The Morgan fingerprint density at radius 3 is 2.05 bits per heavy atom. The van der Waals surface area contributed by atoms with Gasteiger partial charge >= 0.3 is 6.09 Å². The van der Waals surface area contributed by atoms with Gasteiger partial charge in [-0.15, -0.1) is 0 Å². The van der Waals surface area contributed by atoms with Gasteiger partial charge in [-0.05, 0) is 31.8 Å². The summed E-state index contributed by atoms with van der Waals surface area (Å²) in [7, 11) is 3.54. The highest BCUT2D eigenvalue weighted by Gasteiger charge is 2.04. The summed E-state index contributed by atoms with van der Waals surface area (Å²) in [5.41, 5.74) is 0.766. The molecule has 0 bridgehead atoms. The highest BCUT2D eigenvalue weighted by molar-refractivity contribution is 5.64. The third-order valence-corrected chi connectivity index (χ3v) is 2.15. The fraction of sp³-hybridized carbons (Fsp3) is 0.417. The highest BCUT2D eigenvalue weighted by Crippen LogP contribution is 2.22. The van der Waals surface area contributed by atoms with Gasteiger partial charge in [-0.3, -0.25) is 10.6 Å². The first-order chi connectivity index (χ1) is 9.15. The van der Waals surface area contributed by atoms with Crippen molar-refractivity contribution >= 4 is 6.09 Å². The van der Waals surface area contributed by atoms with Crippen LogP contribution in [0.5, 0.6) is 11.5 Å². The van der Waals surface area contributed by atoms with E-state index in [1.165, 1.54) is 0 Å². The van der Waals surface area contributed by atoms with E-state index in [0.717, 1.165) is 5.56 Å². The second-order valence-electron chi connectivity index (χ2n) is 3.76. The molecule has 106 valence electrons. The van der Waals surface area contributed by atoms with Gasteiger partial charge in [0.15, 0.2) is 0 Å². The molecule has 0 spiro atoms. The van der Waals surface area contributed by atoms with Gasteiger partial charge in [-0.25, -0.2) is 4.79 Å². The van der Waals surface area contributed by atoms with E-state index < -0.39 is 6.09 Å². The Morgan fingerprint density at radius 2 is 1.63 bits per heavy atom. The van der Waals surface area contributed by atoms with Crippen molar-refractivity contribution in [2.45, 2.75) is 6.54 Å². The summed E-state index contributed by atoms with van der Waals surface area (Å²) in [5.74, 6) is 1.23. The fourth-order valence-corrected chi connectivity index (χ4v) is 1.39. The molecular weight excluding hydrogens is 250 g/mol. The van der Waals surface area contributed by atoms with Crippen molar-refractivity contribution in [2.75, 3.05) is 27.6 Å². The van der Waals surface area contributed by atoms with Gasteiger partial charge in [0.25, 0.3) is 0 Å². The van der Waals surface area contributed by atoms with E-state index in [0.29, 0.717) is 25.0 Å². The summed E-state index contributed by atoms with van der Waals surface area (Å²) in [4.78, 5) is 10.5. The van der Waals surface area contributed by atoms with Crippen molar-refractivity contribution in [3.63, 3.8) is 0 Å². The molecule has 0 aliphatic heterocycles. The number of amides is 1. The van der Waals surface area contributed by atoms with Gasteiger partial charge in [0, 0.05) is 12.6 Å². The van der Waals surface area contributed by atoms with Gasteiger partial charge in [0.05, 0.1) is 0 Å². The molecule has 0 atom stereocenters. The summed E-state index contributed by atoms with van der Waals surface area (Å²) in [6, 6.07) is 5.28. The van der Waals surface area contributed by atoms with Crippen LogP contribution in [0, 0.1) is 0 Å². The van der Waals surface area contributed by atoms with Crippen LogP contribution in [-0.4, -0.2) is 38.8 Å². The average molecular weight is 269 g/mol. The normalized spacial score (nSPS) is 10.0. The Balaban J connectivity index is 2.78. The van der Waals surface area contributed by atoms with E-state index >= 15 is 0 Å². The van der Waals surface area contributed by atoms with E-state index in [4.69, 9.17) is 14.6 Å². The summed E-state index contributed by atoms with van der Waals surface area (Å²) in [6.45, 7) is 0.921. The molecule has 0 unspecified atom stereocenters. The third-order valence-electron chi connectivity index (χ3n) is 2.15. The van der Waals surface area contributed by atoms with Crippen molar-refractivity contribution in [3.8, 4) is 11.5 Å². The van der Waals surface area contributed by atoms with Crippen molar-refractivity contribution in [3.05, 3.63) is 23.8 Å². The second-order valence-corrected chi connectivity index (χ2v) is 3.76. The number of carbonyl (C=O) groups is 1. The van der Waals surface area contributed by atoms with Crippen LogP contribution in [0.25, 0.3) is 0 Å². The molecule has 0 aliphatic rings. The lowest BCUT2D eigenvalue weighted by Gasteiger charge is -2.12. The van der Waals surface area contributed by atoms with E-state index in [1.54, 1.807) is 32.3 Å². The number of carboxylic acid groups (broad SMARTS) is 1. The van der Waals surface area contributed by atoms with Crippen LogP contribution >= 0.6 is 0 Å². The monoisotopic (exact) mass is 269 g/mol. The lowest BCUT2D eigenvalue weighted by molar-refractivity contribution is 0.194. The SMILES string of the molecule is CNCOc1cc(CNC(=O)O)cc(OCNC)c1. The molecule has 1 rings (SSSR count). The fourth-order valence-electron chi connectivity index (χ4n) is 1.39. The zero-order valence-electron chi connectivity index (χ0n) is 11.0. The van der Waals surface area contributed by atoms with Crippen LogP contribution in [-0.2, 0) is 6.54 Å². The number of hydrogen-bond acceptors (Lipinski definition) is 5. The Labute approximate surface area is 111 Å². The van der Waals surface area contributed by atoms with Crippen LogP contribution in [0.1, 0.15) is 5.56 Å². The molecule has 7 nitrogen and oxygen atoms in total. The summed E-state index contributed by atoms with van der Waals surface area (Å²) >= 11 is 0. The van der Waals surface area contributed by atoms with Crippen LogP contribution < -0.4 is 25.4 Å². The number of hydrogen-bond donors (Lipinski definition) is 4. The van der Waals surface area contributed by atoms with Gasteiger partial charge < -0.3 is 19.9 Å². The molecule has 1 amide bonds. The zero-order chi connectivity index (χ0) is 14.1. The average Bonchev–Trinajstić information content (AvgIpc) is 2.40. The summed E-state index contributed by atoms with van der Waals surface area (Å²) < 4.78 is 10.9. The molecule has 0 aromatic heterocycles. The second kappa shape index (κ2) is 8.17. The lowest BCUT2D eigenvalue weighted by atomic mass is 10.2. The number of nitrogens with one attached hydrogen (secondary N) is 3. The van der Waals surface area contributed by atoms with Crippen molar-refractivity contribution in [1.29, 1.82) is 0 Å². The molecule has 4 N–H and O–H groups in total. The van der Waals surface area contributed by atoms with Gasteiger partial charge in [-0.1, -0.05) is 0 Å². The molecule has 0 heterocycles. The van der Waals surface area contributed by atoms with Crippen LogP contribution in [0.15, 0.2) is 18.2 Å². The van der Waals surface area contributed by atoms with Crippen LogP contribution in [0.2, 0.25) is 0 Å². The van der Waals surface area contributed by atoms with Crippen LogP contribution in [0.4, 0.5) is 4.79 Å². The molecule has 0 saturated heterocycles. The van der Waals surface area contributed by atoms with E-state index in [-0.39, 0.29) is 6.54 Å². The first-order valence-electron chi connectivity index (χ1n) is 5.81. The summed E-state index contributed by atoms with van der Waals surface area (Å²) in [5, 5.41) is 16.6. The topological polar surface area (TPSA) is 91.9 Å². The minimum atomic E-state index is -1.07. The van der Waals surface area contributed by atoms with Gasteiger partial charge in [0.2, 0.25) is 0 Å². The van der Waals surface area contributed by atoms with E-state index in [9.17, 15) is 4.79 Å². The highest BCUT2D eigenvalue weighted by atomic mass is 16.5. The molecule has 19 heavy (non-hydrogen) atoms. The molecule has 1 aromatic carbocycles. The smallest absolute Gasteiger partial charge is 0.404 e. The van der Waals surface area contributed by atoms with Crippen molar-refractivity contribution < 1.29 is 19.4 Å². The van der Waals surface area contributed by atoms with Crippen molar-refractivity contribution in [1.82, 2.24) is 16.0 Å². The van der Waals surface area contributed by atoms with E-state index in [2.05, 4.69) is 16.0 Å². The summed E-state index contributed by atoms with van der Waals surface area (Å²) in [6.07, 6.45) is -1.07. The standard InChI is InChI=1S/C12H19N3O4/c1-13-7-18-10-3-9(6-15-12(16)17)4-11(5-10)19-8-14-2/h3-5,13-15H,6-8H2,1-2H3,(H,16,17). The maximum absolute atomic E-state index is 10.5. The van der Waals surface area contributed by atoms with Crippen molar-refractivity contribution in [2.24, 2.45) is 0 Å². The molecule has 7 heteroatoms. The first-order valence-corrected chi connectivity index (χ1v) is 5.81. The van der Waals surface area contributed by atoms with Gasteiger partial charge in [-0.2, -0.15) is 0 Å². The third kappa shape index (κ3) is 5.94. The zero-order valence-corrected chi connectivity index (χ0v) is 11.0. The maximum Gasteiger partial charge on any atom is 0.404 e. The molecular formula is C12H19N3O4. The van der Waals surface area contributed by atoms with Gasteiger partial charge in [0.1, 0.15) is 25.0 Å². The quantitative estimate of drug-likeness (QED) is 0.516. The number of rotatable bonds is 8. The molecule has 0 fully saturated rings. The predicted octanol–water partition coefficient (Wildman–Crippen LogP) is 0.566. The van der Waals surface area contributed by atoms with Crippen LogP contribution in [0.3, 0.4) is 0 Å². The Bertz CT molecular complexity index is 386. The molecule has 0 radical (unpaired) electrons. The number of benzene rings is 1. The minimum Gasteiger partial charge on any atom is -0.478 e. The Morgan fingerprint density at radius 1 is 1.11 bits per heavy atom. The largest absolute Gasteiger partial charge is 0.478 e. The molecule has 1 aromatic rings. The minimum absolute atomic E-state index is 0.196. The Hall–Kier alpha value is -1.99. The van der Waals surface area contributed by atoms with E-state index in [1.807, 2.05) is 0 Å². The lowest BCUT2D eigenvalue weighted by Crippen LogP contribution is -2.20. The molecule has 0 saturated carbocycles. The predicted molar refractivity (Wildman–Crippen MR) is 70.4 cm³/mol.